The quantitative estimate of drug-likeness (QED) is 0.907. The third-order valence-corrected chi connectivity index (χ3v) is 3.72. The van der Waals surface area contributed by atoms with Gasteiger partial charge in [-0.2, -0.15) is 0 Å². The number of nitrogens with zero attached hydrogens (tertiary/aromatic N) is 1. The Bertz CT molecular complexity index is 705. The first-order valence-electron chi connectivity index (χ1n) is 6.07. The van der Waals surface area contributed by atoms with Gasteiger partial charge in [0.15, 0.2) is 11.5 Å². The van der Waals surface area contributed by atoms with E-state index in [2.05, 4.69) is 21.1 Å². The standard InChI is InChI=1S/C14H12BrNO4/c1-14(2)6-8-3-7(4-9(15)12(8)19-14)11-5-10(13(17)18)16-20-11/h3-5H,6H2,1-2H3,(H,17,18). The molecular weight excluding hydrogens is 326 g/mol. The number of ether oxygens (including phenoxy) is 1. The molecule has 0 atom stereocenters. The predicted molar refractivity (Wildman–Crippen MR) is 75.0 cm³/mol. The minimum atomic E-state index is -1.11. The molecule has 0 unspecified atom stereocenters. The van der Waals surface area contributed by atoms with E-state index in [0.29, 0.717) is 5.76 Å². The molecule has 20 heavy (non-hydrogen) atoms. The molecule has 1 aromatic heterocycles. The molecule has 1 aliphatic heterocycles. The maximum atomic E-state index is 10.8. The zero-order valence-corrected chi connectivity index (χ0v) is 12.5. The third kappa shape index (κ3) is 2.20. The Morgan fingerprint density at radius 1 is 1.40 bits per heavy atom. The Morgan fingerprint density at radius 2 is 2.15 bits per heavy atom. The highest BCUT2D eigenvalue weighted by Gasteiger charge is 2.32. The summed E-state index contributed by atoms with van der Waals surface area (Å²) in [7, 11) is 0. The lowest BCUT2D eigenvalue weighted by molar-refractivity contribution is 0.0685. The molecule has 5 nitrogen and oxygen atoms in total. The second kappa shape index (κ2) is 4.34. The minimum Gasteiger partial charge on any atom is -0.486 e. The highest BCUT2D eigenvalue weighted by atomic mass is 79.9. The predicted octanol–water partition coefficient (Wildman–Crippen LogP) is 3.52. The first-order valence-corrected chi connectivity index (χ1v) is 6.87. The van der Waals surface area contributed by atoms with Gasteiger partial charge in [-0.25, -0.2) is 4.79 Å². The lowest BCUT2D eigenvalue weighted by atomic mass is 9.99. The Hall–Kier alpha value is -1.82. The van der Waals surface area contributed by atoms with Crippen molar-refractivity contribution in [1.29, 1.82) is 0 Å². The van der Waals surface area contributed by atoms with Gasteiger partial charge in [0.1, 0.15) is 11.4 Å². The summed E-state index contributed by atoms with van der Waals surface area (Å²) in [6, 6.07) is 5.20. The summed E-state index contributed by atoms with van der Waals surface area (Å²) in [4.78, 5) is 10.8. The maximum absolute atomic E-state index is 10.8. The van der Waals surface area contributed by atoms with Crippen molar-refractivity contribution >= 4 is 21.9 Å². The van der Waals surface area contributed by atoms with Crippen LogP contribution in [0.2, 0.25) is 0 Å². The highest BCUT2D eigenvalue weighted by Crippen LogP contribution is 2.43. The topological polar surface area (TPSA) is 72.6 Å². The van der Waals surface area contributed by atoms with E-state index in [1.165, 1.54) is 6.07 Å². The summed E-state index contributed by atoms with van der Waals surface area (Å²) >= 11 is 3.48. The van der Waals surface area contributed by atoms with E-state index in [1.54, 1.807) is 0 Å². The highest BCUT2D eigenvalue weighted by molar-refractivity contribution is 9.10. The SMILES string of the molecule is CC1(C)Cc2cc(-c3cc(C(=O)O)no3)cc(Br)c2O1. The fraction of sp³-hybridized carbons (Fsp3) is 0.286. The molecule has 0 saturated heterocycles. The Balaban J connectivity index is 2.04. The van der Waals surface area contributed by atoms with E-state index in [0.717, 1.165) is 27.8 Å². The number of rotatable bonds is 2. The van der Waals surface area contributed by atoms with E-state index in [4.69, 9.17) is 14.4 Å². The molecule has 3 rings (SSSR count). The zero-order chi connectivity index (χ0) is 14.5. The van der Waals surface area contributed by atoms with Gasteiger partial charge in [0.05, 0.1) is 4.47 Å². The molecule has 0 amide bonds. The van der Waals surface area contributed by atoms with Gasteiger partial charge in [-0.05, 0) is 41.9 Å². The molecule has 6 heteroatoms. The largest absolute Gasteiger partial charge is 0.486 e. The molecule has 0 aliphatic carbocycles. The lowest BCUT2D eigenvalue weighted by Gasteiger charge is -2.17. The molecular formula is C14H12BrNO4. The molecule has 0 spiro atoms. The average molecular weight is 338 g/mol. The van der Waals surface area contributed by atoms with Gasteiger partial charge >= 0.3 is 5.97 Å². The van der Waals surface area contributed by atoms with Crippen LogP contribution in [-0.4, -0.2) is 21.8 Å². The van der Waals surface area contributed by atoms with Crippen LogP contribution in [0.25, 0.3) is 11.3 Å². The Morgan fingerprint density at radius 3 is 2.80 bits per heavy atom. The first kappa shape index (κ1) is 13.2. The number of aromatic carboxylic acids is 1. The van der Waals surface area contributed by atoms with Crippen LogP contribution in [0.3, 0.4) is 0 Å². The summed E-state index contributed by atoms with van der Waals surface area (Å²) in [5.74, 6) is 0.150. The number of benzene rings is 1. The van der Waals surface area contributed by atoms with Gasteiger partial charge in [-0.3, -0.25) is 0 Å². The minimum absolute atomic E-state index is 0.104. The number of carbonyl (C=O) groups is 1. The van der Waals surface area contributed by atoms with E-state index in [9.17, 15) is 4.79 Å². The van der Waals surface area contributed by atoms with Gasteiger partial charge in [-0.15, -0.1) is 0 Å². The fourth-order valence-corrected chi connectivity index (χ4v) is 2.90. The molecule has 0 saturated carbocycles. The van der Waals surface area contributed by atoms with Crippen molar-refractivity contribution in [2.24, 2.45) is 0 Å². The third-order valence-electron chi connectivity index (χ3n) is 3.13. The molecule has 0 bridgehead atoms. The number of fused-ring (bicyclic) bond motifs is 1. The molecule has 0 fully saturated rings. The number of halogens is 1. The van der Waals surface area contributed by atoms with Crippen LogP contribution in [0, 0.1) is 0 Å². The molecule has 1 aliphatic rings. The van der Waals surface area contributed by atoms with Gasteiger partial charge in [0, 0.05) is 23.6 Å². The Kier molecular flexibility index (Phi) is 2.86. The van der Waals surface area contributed by atoms with Crippen molar-refractivity contribution in [2.75, 3.05) is 0 Å². The van der Waals surface area contributed by atoms with E-state index < -0.39 is 5.97 Å². The number of carboxylic acid groups (broad SMARTS) is 1. The lowest BCUT2D eigenvalue weighted by Crippen LogP contribution is -2.24. The van der Waals surface area contributed by atoms with Crippen LogP contribution in [0.4, 0.5) is 0 Å². The number of hydrogen-bond acceptors (Lipinski definition) is 4. The summed E-state index contributed by atoms with van der Waals surface area (Å²) < 4.78 is 11.8. The van der Waals surface area contributed by atoms with Crippen molar-refractivity contribution in [3.05, 3.63) is 33.9 Å². The van der Waals surface area contributed by atoms with Crippen molar-refractivity contribution in [1.82, 2.24) is 5.16 Å². The van der Waals surface area contributed by atoms with Crippen LogP contribution in [0.5, 0.6) is 5.75 Å². The summed E-state index contributed by atoms with van der Waals surface area (Å²) in [6.07, 6.45) is 0.786. The van der Waals surface area contributed by atoms with Crippen LogP contribution in [-0.2, 0) is 6.42 Å². The van der Waals surface area contributed by atoms with E-state index >= 15 is 0 Å². The van der Waals surface area contributed by atoms with Crippen LogP contribution >= 0.6 is 15.9 Å². The first-order chi connectivity index (χ1) is 9.35. The molecule has 104 valence electrons. The van der Waals surface area contributed by atoms with Crippen molar-refractivity contribution < 1.29 is 19.2 Å². The van der Waals surface area contributed by atoms with Gasteiger partial charge < -0.3 is 14.4 Å². The van der Waals surface area contributed by atoms with Gasteiger partial charge in [-0.1, -0.05) is 5.16 Å². The van der Waals surface area contributed by atoms with Gasteiger partial charge in [0.25, 0.3) is 0 Å². The van der Waals surface area contributed by atoms with Crippen LogP contribution in [0.15, 0.2) is 27.2 Å². The smallest absolute Gasteiger partial charge is 0.358 e. The number of aromatic nitrogens is 1. The van der Waals surface area contributed by atoms with Crippen LogP contribution in [0.1, 0.15) is 29.9 Å². The molecule has 0 radical (unpaired) electrons. The second-order valence-corrected chi connectivity index (χ2v) is 6.22. The van der Waals surface area contributed by atoms with Crippen molar-refractivity contribution in [2.45, 2.75) is 25.9 Å². The molecule has 1 N–H and O–H groups in total. The number of carboxylic acids is 1. The average Bonchev–Trinajstić information content (AvgIpc) is 2.92. The maximum Gasteiger partial charge on any atom is 0.358 e. The normalized spacial score (nSPS) is 15.8. The Labute approximate surface area is 123 Å². The van der Waals surface area contributed by atoms with Crippen LogP contribution < -0.4 is 4.74 Å². The summed E-state index contributed by atoms with van der Waals surface area (Å²) in [5, 5.41) is 12.4. The fourth-order valence-electron chi connectivity index (χ4n) is 2.32. The van der Waals surface area contributed by atoms with E-state index in [-0.39, 0.29) is 11.3 Å². The summed E-state index contributed by atoms with van der Waals surface area (Å²) in [5.41, 5.74) is 1.50. The molecule has 2 heterocycles. The van der Waals surface area contributed by atoms with Crippen molar-refractivity contribution in [3.8, 4) is 17.1 Å². The monoisotopic (exact) mass is 337 g/mol. The van der Waals surface area contributed by atoms with Crippen molar-refractivity contribution in [3.63, 3.8) is 0 Å². The van der Waals surface area contributed by atoms with Gasteiger partial charge in [0.2, 0.25) is 0 Å². The van der Waals surface area contributed by atoms with E-state index in [1.807, 2.05) is 26.0 Å². The number of hydrogen-bond donors (Lipinski definition) is 1. The molecule has 1 aromatic carbocycles. The molecule has 2 aromatic rings. The summed E-state index contributed by atoms with van der Waals surface area (Å²) in [6.45, 7) is 4.05. The zero-order valence-electron chi connectivity index (χ0n) is 10.9. The second-order valence-electron chi connectivity index (χ2n) is 5.37.